The molecule has 1 nitrogen and oxygen atoms in total. The van der Waals surface area contributed by atoms with Crippen LogP contribution in [0.1, 0.15) is 0 Å². The smallest absolute Gasteiger partial charge is 0.0545 e. The van der Waals surface area contributed by atoms with Crippen LogP contribution < -0.4 is 0 Å². The Bertz CT molecular complexity index is 610. The van der Waals surface area contributed by atoms with E-state index in [0.29, 0.717) is 0 Å². The minimum Gasteiger partial charge on any atom is -0.360 e. The number of thiol groups is 1. The molecule has 2 aromatic carbocycles. The molecule has 0 aliphatic carbocycles. The van der Waals surface area contributed by atoms with Gasteiger partial charge in [0.2, 0.25) is 0 Å². The molecule has 0 saturated heterocycles. The van der Waals surface area contributed by atoms with Gasteiger partial charge < -0.3 is 4.98 Å². The van der Waals surface area contributed by atoms with E-state index in [9.17, 15) is 0 Å². The second-order valence-electron chi connectivity index (χ2n) is 3.38. The molecule has 1 heterocycles. The highest BCUT2D eigenvalue weighted by Crippen LogP contribution is 2.28. The third-order valence-corrected chi connectivity index (χ3v) is 2.93. The van der Waals surface area contributed by atoms with Crippen molar-refractivity contribution in [1.29, 1.82) is 0 Å². The fraction of sp³-hybridized carbons (Fsp3) is 0. The number of aromatic amines is 1. The summed E-state index contributed by atoms with van der Waals surface area (Å²) in [5.41, 5.74) is 1.17. The fourth-order valence-corrected chi connectivity index (χ4v) is 2.11. The first-order valence-electron chi connectivity index (χ1n) is 4.54. The van der Waals surface area contributed by atoms with Gasteiger partial charge >= 0.3 is 0 Å². The number of rotatable bonds is 0. The Labute approximate surface area is 87.2 Å². The van der Waals surface area contributed by atoms with Crippen LogP contribution in [0.5, 0.6) is 0 Å². The predicted octanol–water partition coefficient (Wildman–Crippen LogP) is 3.61. The second-order valence-corrected chi connectivity index (χ2v) is 3.86. The van der Waals surface area contributed by atoms with Crippen LogP contribution in [0.4, 0.5) is 0 Å². The molecule has 0 atom stereocenters. The van der Waals surface area contributed by atoms with Gasteiger partial charge in [-0.2, -0.15) is 0 Å². The third-order valence-electron chi connectivity index (χ3n) is 2.56. The maximum atomic E-state index is 4.40. The molecule has 68 valence electrons. The van der Waals surface area contributed by atoms with Gasteiger partial charge in [0.1, 0.15) is 0 Å². The molecule has 0 spiro atoms. The average Bonchev–Trinajstić information content (AvgIpc) is 2.61. The first-order valence-corrected chi connectivity index (χ1v) is 4.99. The predicted molar refractivity (Wildman–Crippen MR) is 63.1 cm³/mol. The molecule has 3 aromatic rings. The van der Waals surface area contributed by atoms with E-state index in [-0.39, 0.29) is 0 Å². The van der Waals surface area contributed by atoms with Gasteiger partial charge in [-0.1, -0.05) is 36.4 Å². The summed E-state index contributed by atoms with van der Waals surface area (Å²) in [4.78, 5) is 4.26. The summed E-state index contributed by atoms with van der Waals surface area (Å²) in [5, 5.41) is 3.70. The SMILES string of the molecule is Sc1c[nH]c2c1ccc1ccccc12. The number of hydrogen-bond acceptors (Lipinski definition) is 1. The standard InChI is InChI=1S/C12H9NS/c14-11-7-13-12-9-4-2-1-3-8(9)5-6-10(11)12/h1-7,13-14H. The molecular weight excluding hydrogens is 190 g/mol. The number of nitrogens with one attached hydrogen (secondary N) is 1. The summed E-state index contributed by atoms with van der Waals surface area (Å²) in [5.74, 6) is 0. The van der Waals surface area contributed by atoms with E-state index in [1.54, 1.807) is 0 Å². The van der Waals surface area contributed by atoms with Gasteiger partial charge in [0.15, 0.2) is 0 Å². The Hall–Kier alpha value is -1.41. The number of hydrogen-bond donors (Lipinski definition) is 2. The summed E-state index contributed by atoms with van der Waals surface area (Å²) < 4.78 is 0. The molecule has 1 aromatic heterocycles. The largest absolute Gasteiger partial charge is 0.360 e. The Morgan fingerprint density at radius 1 is 0.929 bits per heavy atom. The summed E-state index contributed by atoms with van der Waals surface area (Å²) in [6.45, 7) is 0. The van der Waals surface area contributed by atoms with Gasteiger partial charge in [0, 0.05) is 21.9 Å². The molecule has 0 fully saturated rings. The highest BCUT2D eigenvalue weighted by atomic mass is 32.1. The molecule has 2 heteroatoms. The average molecular weight is 199 g/mol. The van der Waals surface area contributed by atoms with Crippen molar-refractivity contribution in [1.82, 2.24) is 4.98 Å². The normalized spacial score (nSPS) is 11.2. The summed E-state index contributed by atoms with van der Waals surface area (Å²) in [6.07, 6.45) is 1.93. The van der Waals surface area contributed by atoms with Crippen LogP contribution >= 0.6 is 12.6 Å². The van der Waals surface area contributed by atoms with Crippen molar-refractivity contribution in [3.05, 3.63) is 42.6 Å². The monoisotopic (exact) mass is 199 g/mol. The first-order chi connectivity index (χ1) is 6.86. The molecule has 0 unspecified atom stereocenters. The van der Waals surface area contributed by atoms with E-state index in [0.717, 1.165) is 4.90 Å². The minimum absolute atomic E-state index is 1.01. The molecule has 1 N–H and O–H groups in total. The van der Waals surface area contributed by atoms with Gasteiger partial charge in [-0.05, 0) is 5.39 Å². The molecule has 0 amide bonds. The summed E-state index contributed by atoms with van der Waals surface area (Å²) in [7, 11) is 0. The summed E-state index contributed by atoms with van der Waals surface area (Å²) >= 11 is 4.40. The van der Waals surface area contributed by atoms with Gasteiger partial charge in [-0.25, -0.2) is 0 Å². The molecule has 3 rings (SSSR count). The fourth-order valence-electron chi connectivity index (χ4n) is 1.86. The van der Waals surface area contributed by atoms with Gasteiger partial charge in [-0.15, -0.1) is 12.6 Å². The Morgan fingerprint density at radius 3 is 2.71 bits per heavy atom. The lowest BCUT2D eigenvalue weighted by Gasteiger charge is -1.98. The lowest BCUT2D eigenvalue weighted by molar-refractivity contribution is 1.43. The first kappa shape index (κ1) is 7.94. The number of fused-ring (bicyclic) bond motifs is 3. The Balaban J connectivity index is 2.61. The van der Waals surface area contributed by atoms with Gasteiger partial charge in [-0.3, -0.25) is 0 Å². The molecule has 0 saturated carbocycles. The van der Waals surface area contributed by atoms with Crippen molar-refractivity contribution in [2.45, 2.75) is 4.90 Å². The van der Waals surface area contributed by atoms with Crippen LogP contribution in [0.3, 0.4) is 0 Å². The topological polar surface area (TPSA) is 15.8 Å². The zero-order valence-corrected chi connectivity index (χ0v) is 8.38. The van der Waals surface area contributed by atoms with Crippen molar-refractivity contribution < 1.29 is 0 Å². The van der Waals surface area contributed by atoms with Crippen molar-refractivity contribution in [2.75, 3.05) is 0 Å². The zero-order chi connectivity index (χ0) is 9.54. The molecule has 0 radical (unpaired) electrons. The van der Waals surface area contributed by atoms with Crippen LogP contribution in [0.2, 0.25) is 0 Å². The van der Waals surface area contributed by atoms with E-state index in [2.05, 4.69) is 54.0 Å². The van der Waals surface area contributed by atoms with E-state index < -0.39 is 0 Å². The highest BCUT2D eigenvalue weighted by molar-refractivity contribution is 7.80. The van der Waals surface area contributed by atoms with Gasteiger partial charge in [0.05, 0.1) is 5.52 Å². The second kappa shape index (κ2) is 2.79. The molecular formula is C12H9NS. The number of aromatic nitrogens is 1. The third kappa shape index (κ3) is 0.976. The van der Waals surface area contributed by atoms with Crippen molar-refractivity contribution in [2.24, 2.45) is 0 Å². The maximum Gasteiger partial charge on any atom is 0.0545 e. The molecule has 14 heavy (non-hydrogen) atoms. The number of benzene rings is 2. The van der Waals surface area contributed by atoms with Crippen LogP contribution in [0, 0.1) is 0 Å². The van der Waals surface area contributed by atoms with Crippen molar-refractivity contribution >= 4 is 34.3 Å². The zero-order valence-electron chi connectivity index (χ0n) is 7.49. The van der Waals surface area contributed by atoms with Crippen LogP contribution in [-0.4, -0.2) is 4.98 Å². The van der Waals surface area contributed by atoms with E-state index in [4.69, 9.17) is 0 Å². The Kier molecular flexibility index (Phi) is 1.58. The van der Waals surface area contributed by atoms with E-state index >= 15 is 0 Å². The van der Waals surface area contributed by atoms with Crippen LogP contribution in [0.25, 0.3) is 21.7 Å². The lowest BCUT2D eigenvalue weighted by atomic mass is 10.1. The highest BCUT2D eigenvalue weighted by Gasteiger charge is 2.03. The molecule has 0 aliphatic rings. The Morgan fingerprint density at radius 2 is 1.79 bits per heavy atom. The van der Waals surface area contributed by atoms with Crippen LogP contribution in [0.15, 0.2) is 47.5 Å². The van der Waals surface area contributed by atoms with Crippen molar-refractivity contribution in [3.8, 4) is 0 Å². The summed E-state index contributed by atoms with van der Waals surface area (Å²) in [6, 6.07) is 12.6. The number of H-pyrrole nitrogens is 1. The van der Waals surface area contributed by atoms with Gasteiger partial charge in [0.25, 0.3) is 0 Å². The molecule has 0 aliphatic heterocycles. The quantitative estimate of drug-likeness (QED) is 0.514. The molecule has 0 bridgehead atoms. The van der Waals surface area contributed by atoms with Crippen LogP contribution in [-0.2, 0) is 0 Å². The van der Waals surface area contributed by atoms with E-state index in [1.165, 1.54) is 21.7 Å². The minimum atomic E-state index is 1.01. The maximum absolute atomic E-state index is 4.40. The lowest BCUT2D eigenvalue weighted by Crippen LogP contribution is -1.74. The van der Waals surface area contributed by atoms with Crippen molar-refractivity contribution in [3.63, 3.8) is 0 Å². The van der Waals surface area contributed by atoms with E-state index in [1.807, 2.05) is 6.20 Å².